The molecule has 3 rings (SSSR count). The van der Waals surface area contributed by atoms with Gasteiger partial charge in [0, 0.05) is 26.7 Å². The zero-order chi connectivity index (χ0) is 27.5. The molecule has 0 bridgehead atoms. The van der Waals surface area contributed by atoms with E-state index in [4.69, 9.17) is 0 Å². The van der Waals surface area contributed by atoms with Gasteiger partial charge in [-0.15, -0.1) is 0 Å². The number of likely N-dealkylation sites (tertiary alicyclic amines) is 2. The van der Waals surface area contributed by atoms with Crippen molar-refractivity contribution < 1.29 is 23.6 Å². The van der Waals surface area contributed by atoms with E-state index < -0.39 is 29.5 Å². The normalized spacial score (nSPS) is 22.7. The second kappa shape index (κ2) is 11.5. The van der Waals surface area contributed by atoms with E-state index in [-0.39, 0.29) is 48.7 Å². The highest BCUT2D eigenvalue weighted by molar-refractivity contribution is 5.91. The van der Waals surface area contributed by atoms with Gasteiger partial charge in [-0.3, -0.25) is 14.4 Å². The summed E-state index contributed by atoms with van der Waals surface area (Å²) in [7, 11) is 3.20. The van der Waals surface area contributed by atoms with Crippen molar-refractivity contribution in [3.05, 3.63) is 35.6 Å². The van der Waals surface area contributed by atoms with E-state index in [2.05, 4.69) is 21.3 Å². The molecule has 4 N–H and O–H groups in total. The average Bonchev–Trinajstić information content (AvgIpc) is 3.45. The maximum absolute atomic E-state index is 13.9. The number of amides is 5. The van der Waals surface area contributed by atoms with Crippen molar-refractivity contribution in [2.45, 2.75) is 64.8 Å². The van der Waals surface area contributed by atoms with Crippen LogP contribution in [0.1, 0.15) is 39.7 Å². The van der Waals surface area contributed by atoms with Crippen LogP contribution < -0.4 is 21.3 Å². The highest BCUT2D eigenvalue weighted by Crippen LogP contribution is 2.37. The van der Waals surface area contributed by atoms with Gasteiger partial charge in [-0.25, -0.2) is 9.18 Å². The van der Waals surface area contributed by atoms with Crippen LogP contribution in [0.2, 0.25) is 0 Å². The number of benzene rings is 1. The summed E-state index contributed by atoms with van der Waals surface area (Å²) in [4.78, 5) is 55.9. The van der Waals surface area contributed by atoms with Gasteiger partial charge in [0.25, 0.3) is 0 Å². The van der Waals surface area contributed by atoms with Crippen molar-refractivity contribution in [3.63, 3.8) is 0 Å². The summed E-state index contributed by atoms with van der Waals surface area (Å²) in [6.07, 6.45) is 0.531. The lowest BCUT2D eigenvalue weighted by atomic mass is 9.85. The number of likely N-dealkylation sites (N-methyl/N-ethyl adjacent to an activating group) is 1. The number of carbonyl (C=O) groups excluding carboxylic acids is 4. The zero-order valence-electron chi connectivity index (χ0n) is 22.4. The number of hydrogen-bond acceptors (Lipinski definition) is 5. The van der Waals surface area contributed by atoms with E-state index in [9.17, 15) is 23.6 Å². The fraction of sp³-hybridized carbons (Fsp3) is 0.615. The summed E-state index contributed by atoms with van der Waals surface area (Å²) in [6.45, 7) is 8.09. The monoisotopic (exact) mass is 518 g/mol. The van der Waals surface area contributed by atoms with E-state index in [1.165, 1.54) is 19.2 Å². The van der Waals surface area contributed by atoms with Gasteiger partial charge >= 0.3 is 6.03 Å². The first-order valence-corrected chi connectivity index (χ1v) is 12.7. The van der Waals surface area contributed by atoms with Crippen LogP contribution in [-0.2, 0) is 20.9 Å². The third-order valence-electron chi connectivity index (χ3n) is 7.33. The molecule has 0 aliphatic carbocycles. The second-order valence-electron chi connectivity index (χ2n) is 10.9. The molecule has 2 aliphatic rings. The Kier molecular flexibility index (Phi) is 8.78. The number of carbonyl (C=O) groups is 4. The average molecular weight is 519 g/mol. The molecule has 10 nitrogen and oxygen atoms in total. The Bertz CT molecular complexity index is 1010. The van der Waals surface area contributed by atoms with Gasteiger partial charge < -0.3 is 31.1 Å². The molecule has 2 fully saturated rings. The molecule has 5 amide bonds. The molecule has 5 atom stereocenters. The third-order valence-corrected chi connectivity index (χ3v) is 7.33. The lowest BCUT2D eigenvalue weighted by Gasteiger charge is -2.37. The van der Waals surface area contributed by atoms with Crippen LogP contribution in [0, 0.1) is 17.2 Å². The molecule has 0 unspecified atom stereocenters. The molecule has 2 heterocycles. The van der Waals surface area contributed by atoms with E-state index >= 15 is 0 Å². The fourth-order valence-corrected chi connectivity index (χ4v) is 5.09. The molecule has 37 heavy (non-hydrogen) atoms. The summed E-state index contributed by atoms with van der Waals surface area (Å²) in [5.41, 5.74) is 0.151. The SMILES string of the molecule is CNC(=O)N1C[C@H](C(=O)NCc2ccc(F)cc2)[C@@H]2[C@H]1CCN2C(=O)[C@@H](NC(=O)[C@H](C)NC)C(C)(C)C. The molecular weight excluding hydrogens is 479 g/mol. The molecule has 0 saturated carbocycles. The van der Waals surface area contributed by atoms with Gasteiger partial charge in [0.1, 0.15) is 11.9 Å². The first-order chi connectivity index (χ1) is 17.4. The summed E-state index contributed by atoms with van der Waals surface area (Å²) >= 11 is 0. The van der Waals surface area contributed by atoms with Crippen LogP contribution >= 0.6 is 0 Å². The van der Waals surface area contributed by atoms with Gasteiger partial charge in [-0.2, -0.15) is 0 Å². The zero-order valence-corrected chi connectivity index (χ0v) is 22.4. The van der Waals surface area contributed by atoms with Crippen molar-refractivity contribution in [1.82, 2.24) is 31.1 Å². The topological polar surface area (TPSA) is 123 Å². The van der Waals surface area contributed by atoms with Crippen molar-refractivity contribution in [3.8, 4) is 0 Å². The van der Waals surface area contributed by atoms with Gasteiger partial charge in [-0.1, -0.05) is 32.9 Å². The predicted octanol–water partition coefficient (Wildman–Crippen LogP) is 0.821. The minimum Gasteiger partial charge on any atom is -0.352 e. The summed E-state index contributed by atoms with van der Waals surface area (Å²) in [5.74, 6) is -1.86. The third kappa shape index (κ3) is 6.20. The molecule has 0 radical (unpaired) electrons. The number of nitrogens with zero attached hydrogens (tertiary/aromatic N) is 2. The van der Waals surface area contributed by atoms with Gasteiger partial charge in [0.15, 0.2) is 0 Å². The Balaban J connectivity index is 1.85. The Morgan fingerprint density at radius 2 is 1.73 bits per heavy atom. The van der Waals surface area contributed by atoms with Crippen molar-refractivity contribution in [2.24, 2.45) is 11.3 Å². The standard InChI is InChI=1S/C26H39FN6O4/c1-15(28-5)22(34)31-21(26(2,3)4)24(36)32-12-11-19-20(32)18(14-33(19)25(37)29-6)23(35)30-13-16-7-9-17(27)10-8-16/h7-10,15,18-21,28H,11-14H2,1-6H3,(H,29,37)(H,30,35)(H,31,34)/t15-,18-,19+,20+,21+/m0/s1. The van der Waals surface area contributed by atoms with Crippen LogP contribution in [-0.4, -0.2) is 84.9 Å². The smallest absolute Gasteiger partial charge is 0.317 e. The minimum atomic E-state index is -0.813. The number of halogens is 1. The Morgan fingerprint density at radius 3 is 2.30 bits per heavy atom. The minimum absolute atomic E-state index is 0.164. The van der Waals surface area contributed by atoms with Crippen molar-refractivity contribution in [2.75, 3.05) is 27.2 Å². The quantitative estimate of drug-likeness (QED) is 0.426. The number of fused-ring (bicyclic) bond motifs is 1. The van der Waals surface area contributed by atoms with Crippen LogP contribution in [0.4, 0.5) is 9.18 Å². The molecule has 1 aromatic rings. The van der Waals surface area contributed by atoms with Gasteiger partial charge in [0.05, 0.1) is 24.0 Å². The van der Waals surface area contributed by atoms with Crippen molar-refractivity contribution in [1.29, 1.82) is 0 Å². The number of nitrogens with one attached hydrogen (secondary N) is 4. The first kappa shape index (κ1) is 28.4. The lowest BCUT2D eigenvalue weighted by molar-refractivity contribution is -0.142. The Labute approximate surface area is 217 Å². The lowest BCUT2D eigenvalue weighted by Crippen LogP contribution is -2.59. The van der Waals surface area contributed by atoms with E-state index in [1.54, 1.807) is 35.9 Å². The highest BCUT2D eigenvalue weighted by atomic mass is 19.1. The molecule has 0 aromatic heterocycles. The van der Waals surface area contributed by atoms with E-state index in [0.29, 0.717) is 13.0 Å². The first-order valence-electron chi connectivity index (χ1n) is 12.7. The van der Waals surface area contributed by atoms with Crippen LogP contribution in [0.25, 0.3) is 0 Å². The van der Waals surface area contributed by atoms with Crippen LogP contribution in [0.5, 0.6) is 0 Å². The van der Waals surface area contributed by atoms with E-state index in [1.807, 2.05) is 20.8 Å². The van der Waals surface area contributed by atoms with Gasteiger partial charge in [-0.05, 0) is 43.5 Å². The molecule has 2 aliphatic heterocycles. The summed E-state index contributed by atoms with van der Waals surface area (Å²) in [6, 6.07) is 3.40. The molecule has 0 spiro atoms. The maximum atomic E-state index is 13.9. The molecule has 11 heteroatoms. The number of rotatable bonds is 7. The van der Waals surface area contributed by atoms with E-state index in [0.717, 1.165) is 5.56 Å². The van der Waals surface area contributed by atoms with Crippen molar-refractivity contribution >= 4 is 23.8 Å². The molecule has 1 aromatic carbocycles. The Hall–Kier alpha value is -3.21. The fourth-order valence-electron chi connectivity index (χ4n) is 5.09. The highest BCUT2D eigenvalue weighted by Gasteiger charge is 2.55. The second-order valence-corrected chi connectivity index (χ2v) is 10.9. The largest absolute Gasteiger partial charge is 0.352 e. The Morgan fingerprint density at radius 1 is 1.08 bits per heavy atom. The molecular formula is C26H39FN6O4. The number of hydrogen-bond donors (Lipinski definition) is 4. The van der Waals surface area contributed by atoms with Gasteiger partial charge in [0.2, 0.25) is 17.7 Å². The van der Waals surface area contributed by atoms with Crippen LogP contribution in [0.3, 0.4) is 0 Å². The molecule has 204 valence electrons. The summed E-state index contributed by atoms with van der Waals surface area (Å²) in [5, 5.41) is 11.3. The maximum Gasteiger partial charge on any atom is 0.317 e. The number of urea groups is 1. The predicted molar refractivity (Wildman–Crippen MR) is 137 cm³/mol. The molecule has 2 saturated heterocycles. The van der Waals surface area contributed by atoms with Crippen LogP contribution in [0.15, 0.2) is 24.3 Å². The summed E-state index contributed by atoms with van der Waals surface area (Å²) < 4.78 is 13.2.